The number of carbonyl (C=O) groups is 2. The van der Waals surface area contributed by atoms with E-state index < -0.39 is 5.97 Å². The summed E-state index contributed by atoms with van der Waals surface area (Å²) in [4.78, 5) is 25.6. The Morgan fingerprint density at radius 3 is 2.48 bits per heavy atom. The molecule has 2 N–H and O–H groups in total. The average molecular weight is 354 g/mol. The van der Waals surface area contributed by atoms with Crippen molar-refractivity contribution in [3.05, 3.63) is 51.2 Å². The van der Waals surface area contributed by atoms with Gasteiger partial charge in [0.15, 0.2) is 6.54 Å². The number of amides is 1. The number of anilines is 1. The highest BCUT2D eigenvalue weighted by Crippen LogP contribution is 2.20. The number of likely N-dealkylation sites (N-methyl/N-ethyl adjacent to an activating group) is 1. The number of nitrogens with one attached hydrogen (secondary N) is 2. The average Bonchev–Trinajstić information content (AvgIpc) is 2.91. The van der Waals surface area contributed by atoms with Crippen LogP contribution < -0.4 is 10.2 Å². The number of rotatable bonds is 6. The topological polar surface area (TPSA) is 59.8 Å². The van der Waals surface area contributed by atoms with E-state index in [1.165, 1.54) is 18.4 Å². The third kappa shape index (κ3) is 5.35. The first-order valence-electron chi connectivity index (χ1n) is 7.01. The molecule has 2 rings (SSSR count). The van der Waals surface area contributed by atoms with E-state index in [-0.39, 0.29) is 5.91 Å². The number of carbonyl (C=O) groups excluding carboxylic acids is 2. The van der Waals surface area contributed by atoms with Crippen LogP contribution in [-0.4, -0.2) is 32.6 Å². The Bertz CT molecular complexity index is 685. The van der Waals surface area contributed by atoms with Crippen molar-refractivity contribution in [1.82, 2.24) is 0 Å². The first-order valence-corrected chi connectivity index (χ1v) is 8.21. The molecule has 1 amide bonds. The number of halogens is 1. The van der Waals surface area contributed by atoms with Crippen molar-refractivity contribution >= 4 is 40.5 Å². The van der Waals surface area contributed by atoms with Crippen molar-refractivity contribution in [2.75, 3.05) is 26.0 Å². The summed E-state index contributed by atoms with van der Waals surface area (Å²) in [5, 5.41) is 2.81. The zero-order valence-electron chi connectivity index (χ0n) is 12.9. The van der Waals surface area contributed by atoms with Gasteiger partial charge in [0.2, 0.25) is 0 Å². The fourth-order valence-corrected chi connectivity index (χ4v) is 3.29. The number of benzene rings is 1. The second-order valence-corrected chi connectivity index (χ2v) is 6.93. The molecule has 1 heterocycles. The molecule has 5 nitrogen and oxygen atoms in total. The van der Waals surface area contributed by atoms with E-state index in [0.717, 1.165) is 20.7 Å². The lowest BCUT2D eigenvalue weighted by atomic mass is 10.2. The molecule has 7 heteroatoms. The predicted molar refractivity (Wildman–Crippen MR) is 91.2 cm³/mol. The smallest absolute Gasteiger partial charge is 0.337 e. The van der Waals surface area contributed by atoms with Gasteiger partial charge in [-0.15, -0.1) is 11.3 Å². The van der Waals surface area contributed by atoms with E-state index in [9.17, 15) is 9.59 Å². The largest absolute Gasteiger partial charge is 0.465 e. The zero-order valence-corrected chi connectivity index (χ0v) is 14.5. The second-order valence-electron chi connectivity index (χ2n) is 5.13. The van der Waals surface area contributed by atoms with Crippen LogP contribution in [0.3, 0.4) is 0 Å². The zero-order chi connectivity index (χ0) is 16.8. The lowest BCUT2D eigenvalue weighted by Gasteiger charge is -2.13. The van der Waals surface area contributed by atoms with Crippen molar-refractivity contribution < 1.29 is 19.2 Å². The van der Waals surface area contributed by atoms with E-state index in [1.54, 1.807) is 24.3 Å². The third-order valence-corrected chi connectivity index (χ3v) is 4.39. The summed E-state index contributed by atoms with van der Waals surface area (Å²) in [6.45, 7) is 1.08. The van der Waals surface area contributed by atoms with Gasteiger partial charge in [-0.3, -0.25) is 4.79 Å². The minimum atomic E-state index is -0.401. The van der Waals surface area contributed by atoms with Crippen LogP contribution in [0.2, 0.25) is 4.34 Å². The van der Waals surface area contributed by atoms with Gasteiger partial charge in [0.05, 0.1) is 28.9 Å². The van der Waals surface area contributed by atoms with E-state index >= 15 is 0 Å². The van der Waals surface area contributed by atoms with E-state index in [4.69, 9.17) is 11.6 Å². The molecule has 0 bridgehead atoms. The van der Waals surface area contributed by atoms with Gasteiger partial charge in [0, 0.05) is 5.69 Å². The molecule has 0 aliphatic heterocycles. The van der Waals surface area contributed by atoms with E-state index in [2.05, 4.69) is 10.1 Å². The van der Waals surface area contributed by atoms with Crippen LogP contribution in [0.1, 0.15) is 15.2 Å². The van der Waals surface area contributed by atoms with Crippen LogP contribution in [0.5, 0.6) is 0 Å². The number of hydrogen-bond donors (Lipinski definition) is 2. The molecule has 0 fully saturated rings. The minimum absolute atomic E-state index is 0.0871. The maximum absolute atomic E-state index is 12.0. The lowest BCUT2D eigenvalue weighted by Crippen LogP contribution is -3.08. The third-order valence-electron chi connectivity index (χ3n) is 3.16. The van der Waals surface area contributed by atoms with Crippen LogP contribution in [0.15, 0.2) is 36.4 Å². The van der Waals surface area contributed by atoms with Gasteiger partial charge >= 0.3 is 5.97 Å². The van der Waals surface area contributed by atoms with Crippen LogP contribution >= 0.6 is 22.9 Å². The van der Waals surface area contributed by atoms with Crippen molar-refractivity contribution in [3.8, 4) is 0 Å². The highest BCUT2D eigenvalue weighted by atomic mass is 35.5. The summed E-state index contributed by atoms with van der Waals surface area (Å²) in [6.07, 6.45) is 0. The number of methoxy groups -OCH3 is 1. The van der Waals surface area contributed by atoms with Crippen LogP contribution in [-0.2, 0) is 16.1 Å². The Labute approximate surface area is 143 Å². The molecule has 0 saturated carbocycles. The van der Waals surface area contributed by atoms with Crippen LogP contribution in [0.25, 0.3) is 0 Å². The Kier molecular flexibility index (Phi) is 6.15. The lowest BCUT2D eigenvalue weighted by molar-refractivity contribution is -0.884. The van der Waals surface area contributed by atoms with Gasteiger partial charge in [-0.1, -0.05) is 11.6 Å². The van der Waals surface area contributed by atoms with Crippen LogP contribution in [0, 0.1) is 0 Å². The molecule has 23 heavy (non-hydrogen) atoms. The molecule has 0 spiro atoms. The number of quaternary nitrogens is 1. The molecule has 0 aliphatic rings. The van der Waals surface area contributed by atoms with Gasteiger partial charge in [-0.25, -0.2) is 4.79 Å². The maximum Gasteiger partial charge on any atom is 0.337 e. The van der Waals surface area contributed by atoms with E-state index in [0.29, 0.717) is 17.8 Å². The van der Waals surface area contributed by atoms with Gasteiger partial charge in [0.1, 0.15) is 6.54 Å². The van der Waals surface area contributed by atoms with Crippen molar-refractivity contribution in [1.29, 1.82) is 0 Å². The molecule has 0 radical (unpaired) electrons. The SMILES string of the molecule is COC(=O)c1ccc(NC(=O)C[NH+](C)Cc2ccc(Cl)s2)cc1. The molecule has 1 aromatic heterocycles. The molecule has 122 valence electrons. The standard InChI is InChI=1S/C16H17ClN2O3S/c1-19(9-13-7-8-14(17)23-13)10-15(20)18-12-5-3-11(4-6-12)16(21)22-2/h3-8H,9-10H2,1-2H3,(H,18,20)/p+1. The van der Waals surface area contributed by atoms with Gasteiger partial charge in [-0.05, 0) is 36.4 Å². The molecular formula is C16H18ClN2O3S+. The fraction of sp³-hybridized carbons (Fsp3) is 0.250. The molecule has 1 atom stereocenters. The molecule has 1 aromatic carbocycles. The first kappa shape index (κ1) is 17.5. The number of ether oxygens (including phenoxy) is 1. The molecule has 0 aliphatic carbocycles. The Balaban J connectivity index is 1.85. The highest BCUT2D eigenvalue weighted by Gasteiger charge is 2.12. The highest BCUT2D eigenvalue weighted by molar-refractivity contribution is 7.16. The summed E-state index contributed by atoms with van der Waals surface area (Å²) in [7, 11) is 3.28. The maximum atomic E-state index is 12.0. The molecule has 1 unspecified atom stereocenters. The number of thiophene rings is 1. The quantitative estimate of drug-likeness (QED) is 0.779. The van der Waals surface area contributed by atoms with E-state index in [1.807, 2.05) is 19.2 Å². The summed E-state index contributed by atoms with van der Waals surface area (Å²) in [5.41, 5.74) is 1.09. The molecule has 0 saturated heterocycles. The summed E-state index contributed by atoms with van der Waals surface area (Å²) < 4.78 is 5.38. The Morgan fingerprint density at radius 1 is 1.22 bits per heavy atom. The Morgan fingerprint density at radius 2 is 1.91 bits per heavy atom. The first-order chi connectivity index (χ1) is 11.0. The monoisotopic (exact) mass is 353 g/mol. The fourth-order valence-electron chi connectivity index (χ4n) is 2.09. The summed E-state index contributed by atoms with van der Waals surface area (Å²) >= 11 is 7.42. The minimum Gasteiger partial charge on any atom is -0.465 e. The van der Waals surface area contributed by atoms with Crippen molar-refractivity contribution in [2.45, 2.75) is 6.54 Å². The van der Waals surface area contributed by atoms with Gasteiger partial charge in [-0.2, -0.15) is 0 Å². The number of esters is 1. The van der Waals surface area contributed by atoms with Crippen LogP contribution in [0.4, 0.5) is 5.69 Å². The van der Waals surface area contributed by atoms with Gasteiger partial charge in [0.25, 0.3) is 5.91 Å². The second kappa shape index (κ2) is 8.10. The Hall–Kier alpha value is -1.89. The molecular weight excluding hydrogens is 336 g/mol. The molecule has 2 aromatic rings. The van der Waals surface area contributed by atoms with Crippen molar-refractivity contribution in [3.63, 3.8) is 0 Å². The predicted octanol–water partition coefficient (Wildman–Crippen LogP) is 1.84. The van der Waals surface area contributed by atoms with Gasteiger partial charge < -0.3 is 15.0 Å². The normalized spacial score (nSPS) is 11.8. The number of hydrogen-bond acceptors (Lipinski definition) is 4. The summed E-state index contributed by atoms with van der Waals surface area (Å²) in [6, 6.07) is 10.4. The van der Waals surface area contributed by atoms with Crippen molar-refractivity contribution in [2.24, 2.45) is 0 Å². The summed E-state index contributed by atoms with van der Waals surface area (Å²) in [5.74, 6) is -0.488.